The molecule has 7 nitrogen and oxygen atoms in total. The van der Waals surface area contributed by atoms with E-state index in [1.807, 2.05) is 39.0 Å². The highest BCUT2D eigenvalue weighted by Crippen LogP contribution is 2.31. The number of aromatic amines is 1. The van der Waals surface area contributed by atoms with Gasteiger partial charge in [0.05, 0.1) is 34.8 Å². The van der Waals surface area contributed by atoms with E-state index >= 15 is 0 Å². The maximum absolute atomic E-state index is 13.5. The summed E-state index contributed by atoms with van der Waals surface area (Å²) in [4.78, 5) is 26.1. The number of anilines is 1. The molecule has 0 spiro atoms. The molecule has 0 amide bonds. The van der Waals surface area contributed by atoms with Gasteiger partial charge in [0.1, 0.15) is 17.2 Å². The van der Waals surface area contributed by atoms with Gasteiger partial charge in [0, 0.05) is 5.56 Å². The van der Waals surface area contributed by atoms with Crippen molar-refractivity contribution in [2.75, 3.05) is 5.32 Å². The summed E-state index contributed by atoms with van der Waals surface area (Å²) < 4.78 is 13.5. The van der Waals surface area contributed by atoms with Gasteiger partial charge in [0.25, 0.3) is 0 Å². The number of halogens is 1. The normalized spacial score (nSPS) is 12.4. The lowest BCUT2D eigenvalue weighted by Gasteiger charge is -2.19. The molecule has 0 radical (unpaired) electrons. The van der Waals surface area contributed by atoms with Crippen LogP contribution in [-0.4, -0.2) is 29.9 Å². The lowest BCUT2D eigenvalue weighted by atomic mass is 10.0. The van der Waals surface area contributed by atoms with Gasteiger partial charge in [-0.05, 0) is 56.7 Å². The maximum atomic E-state index is 13.5. The Morgan fingerprint density at radius 3 is 2.58 bits per heavy atom. The highest BCUT2D eigenvalue weighted by molar-refractivity contribution is 5.84. The third-order valence-electron chi connectivity index (χ3n) is 5.20. The number of nitrogens with zero attached hydrogens (tertiary/aromatic N) is 5. The Labute approximate surface area is 177 Å². The Bertz CT molecular complexity index is 1410. The fourth-order valence-corrected chi connectivity index (χ4v) is 3.67. The van der Waals surface area contributed by atoms with Crippen LogP contribution in [0.25, 0.3) is 33.5 Å². The van der Waals surface area contributed by atoms with Gasteiger partial charge in [-0.15, -0.1) is 0 Å². The van der Waals surface area contributed by atoms with Gasteiger partial charge in [0.2, 0.25) is 0 Å². The zero-order valence-electron chi connectivity index (χ0n) is 17.3. The molecule has 5 aromatic rings. The zero-order chi connectivity index (χ0) is 21.5. The van der Waals surface area contributed by atoms with E-state index in [2.05, 4.69) is 25.3 Å². The minimum absolute atomic E-state index is 0.238. The third-order valence-corrected chi connectivity index (χ3v) is 5.20. The maximum Gasteiger partial charge on any atom is 0.183 e. The molecule has 5 rings (SSSR count). The summed E-state index contributed by atoms with van der Waals surface area (Å²) in [5.74, 6) is 0.969. The molecule has 3 heterocycles. The summed E-state index contributed by atoms with van der Waals surface area (Å²) in [6.45, 7) is 5.83. The summed E-state index contributed by atoms with van der Waals surface area (Å²) in [7, 11) is 0. The largest absolute Gasteiger partial charge is 0.360 e. The van der Waals surface area contributed by atoms with Crippen molar-refractivity contribution in [2.45, 2.75) is 26.8 Å². The number of aromatic nitrogens is 6. The minimum Gasteiger partial charge on any atom is -0.360 e. The van der Waals surface area contributed by atoms with Crippen molar-refractivity contribution in [3.05, 3.63) is 71.7 Å². The standard InChI is InChI=1S/C23H20FN7/c1-12-5-4-6-17-18(12)31-20(15-7-9-16(24)10-8-15)19(30-17)13(2)27-23-21-22(26-11-25-21)28-14(3)29-23/h4-11,13H,1-3H3,(H2,25,26,27,28,29). The van der Waals surface area contributed by atoms with E-state index in [0.717, 1.165) is 33.4 Å². The van der Waals surface area contributed by atoms with E-state index in [9.17, 15) is 4.39 Å². The second-order valence-corrected chi connectivity index (χ2v) is 7.49. The van der Waals surface area contributed by atoms with Crippen molar-refractivity contribution in [2.24, 2.45) is 0 Å². The summed E-state index contributed by atoms with van der Waals surface area (Å²) in [6.07, 6.45) is 1.59. The number of aryl methyl sites for hydroxylation is 2. The van der Waals surface area contributed by atoms with Gasteiger partial charge in [-0.1, -0.05) is 12.1 Å². The van der Waals surface area contributed by atoms with Crippen molar-refractivity contribution >= 4 is 28.0 Å². The van der Waals surface area contributed by atoms with Crippen LogP contribution in [0.4, 0.5) is 10.2 Å². The number of nitrogens with one attached hydrogen (secondary N) is 2. The number of hydrogen-bond donors (Lipinski definition) is 2. The van der Waals surface area contributed by atoms with Crippen molar-refractivity contribution in [3.8, 4) is 11.3 Å². The Hall–Kier alpha value is -3.94. The fourth-order valence-electron chi connectivity index (χ4n) is 3.67. The highest BCUT2D eigenvalue weighted by Gasteiger charge is 2.20. The summed E-state index contributed by atoms with van der Waals surface area (Å²) in [6, 6.07) is 12.0. The SMILES string of the molecule is Cc1nc(NC(C)c2nc3cccc(C)c3nc2-c2ccc(F)cc2)c2[nH]cnc2n1. The van der Waals surface area contributed by atoms with Gasteiger partial charge in [-0.3, -0.25) is 0 Å². The lowest BCUT2D eigenvalue weighted by molar-refractivity contribution is 0.628. The second-order valence-electron chi connectivity index (χ2n) is 7.49. The molecule has 0 aliphatic heterocycles. The van der Waals surface area contributed by atoms with Crippen molar-refractivity contribution in [1.82, 2.24) is 29.9 Å². The predicted molar refractivity (Wildman–Crippen MR) is 118 cm³/mol. The van der Waals surface area contributed by atoms with E-state index in [1.54, 1.807) is 18.5 Å². The first kappa shape index (κ1) is 19.0. The quantitative estimate of drug-likeness (QED) is 0.436. The fraction of sp³-hybridized carbons (Fsp3) is 0.174. The van der Waals surface area contributed by atoms with Gasteiger partial charge in [-0.25, -0.2) is 29.3 Å². The molecule has 0 aliphatic rings. The molecule has 31 heavy (non-hydrogen) atoms. The first-order valence-corrected chi connectivity index (χ1v) is 9.97. The van der Waals surface area contributed by atoms with Crippen LogP contribution in [0.3, 0.4) is 0 Å². The molecule has 2 N–H and O–H groups in total. The predicted octanol–water partition coefficient (Wildman–Crippen LogP) is 4.89. The number of H-pyrrole nitrogens is 1. The molecule has 2 aromatic carbocycles. The van der Waals surface area contributed by atoms with Gasteiger partial charge in [0.15, 0.2) is 11.5 Å². The monoisotopic (exact) mass is 413 g/mol. The molecule has 1 unspecified atom stereocenters. The average Bonchev–Trinajstić information content (AvgIpc) is 3.22. The molecular formula is C23H20FN7. The number of rotatable bonds is 4. The van der Waals surface area contributed by atoms with E-state index < -0.39 is 0 Å². The Balaban J connectivity index is 1.66. The zero-order valence-corrected chi connectivity index (χ0v) is 17.3. The van der Waals surface area contributed by atoms with Crippen molar-refractivity contribution in [1.29, 1.82) is 0 Å². The van der Waals surface area contributed by atoms with Gasteiger partial charge < -0.3 is 10.3 Å². The molecule has 0 fully saturated rings. The van der Waals surface area contributed by atoms with Crippen molar-refractivity contribution < 1.29 is 4.39 Å². The first-order valence-electron chi connectivity index (χ1n) is 9.97. The number of para-hydroxylation sites is 1. The molecule has 3 aromatic heterocycles. The molecule has 8 heteroatoms. The summed E-state index contributed by atoms with van der Waals surface area (Å²) in [5, 5.41) is 3.43. The van der Waals surface area contributed by atoms with E-state index in [-0.39, 0.29) is 11.9 Å². The highest BCUT2D eigenvalue weighted by atomic mass is 19.1. The second kappa shape index (κ2) is 7.39. The van der Waals surface area contributed by atoms with Crippen LogP contribution in [0.5, 0.6) is 0 Å². The molecule has 0 bridgehead atoms. The third kappa shape index (κ3) is 3.46. The van der Waals surface area contributed by atoms with Crippen LogP contribution in [0.2, 0.25) is 0 Å². The Kier molecular flexibility index (Phi) is 4.54. The molecule has 0 aliphatic carbocycles. The van der Waals surface area contributed by atoms with Crippen LogP contribution in [0, 0.1) is 19.7 Å². The first-order chi connectivity index (χ1) is 15.0. The van der Waals surface area contributed by atoms with Crippen molar-refractivity contribution in [3.63, 3.8) is 0 Å². The van der Waals surface area contributed by atoms with Crippen LogP contribution in [0.1, 0.15) is 30.0 Å². The smallest absolute Gasteiger partial charge is 0.183 e. The Morgan fingerprint density at radius 1 is 0.968 bits per heavy atom. The van der Waals surface area contributed by atoms with E-state index in [1.165, 1.54) is 12.1 Å². The summed E-state index contributed by atoms with van der Waals surface area (Å²) >= 11 is 0. The van der Waals surface area contributed by atoms with E-state index in [4.69, 9.17) is 9.97 Å². The van der Waals surface area contributed by atoms with Crippen LogP contribution >= 0.6 is 0 Å². The summed E-state index contributed by atoms with van der Waals surface area (Å²) in [5.41, 5.74) is 6.24. The van der Waals surface area contributed by atoms with Crippen LogP contribution in [-0.2, 0) is 0 Å². The molecule has 154 valence electrons. The molecule has 1 atom stereocenters. The lowest BCUT2D eigenvalue weighted by Crippen LogP contribution is -2.13. The van der Waals surface area contributed by atoms with Crippen LogP contribution in [0.15, 0.2) is 48.8 Å². The topological polar surface area (TPSA) is 92.3 Å². The number of hydrogen-bond acceptors (Lipinski definition) is 6. The average molecular weight is 413 g/mol. The van der Waals surface area contributed by atoms with Crippen LogP contribution < -0.4 is 5.32 Å². The molecule has 0 saturated carbocycles. The van der Waals surface area contributed by atoms with E-state index in [0.29, 0.717) is 23.0 Å². The number of imidazole rings is 1. The molecule has 0 saturated heterocycles. The number of benzene rings is 2. The van der Waals surface area contributed by atoms with Gasteiger partial charge >= 0.3 is 0 Å². The number of fused-ring (bicyclic) bond motifs is 2. The molecular weight excluding hydrogens is 393 g/mol. The minimum atomic E-state index is -0.292. The Morgan fingerprint density at radius 2 is 1.77 bits per heavy atom. The van der Waals surface area contributed by atoms with Gasteiger partial charge in [-0.2, -0.15) is 0 Å².